The van der Waals surface area contributed by atoms with Gasteiger partial charge in [-0.1, -0.05) is 193 Å². The summed E-state index contributed by atoms with van der Waals surface area (Å²) in [6.45, 7) is 4.53. The Balaban J connectivity index is 1.75. The molecule has 0 saturated carbocycles. The van der Waals surface area contributed by atoms with Gasteiger partial charge in [0, 0.05) is 24.5 Å². The first-order valence-corrected chi connectivity index (χ1v) is 22.4. The lowest BCUT2D eigenvalue weighted by molar-refractivity contribution is 0.465. The Labute approximate surface area is 334 Å². The van der Waals surface area contributed by atoms with Gasteiger partial charge in [-0.25, -0.2) is 0 Å². The molecule has 0 amide bonds. The second-order valence-corrected chi connectivity index (χ2v) is 15.5. The average molecular weight is 755 g/mol. The number of unbranched alkanes of at least 4 members (excludes halogenated alkanes) is 28. The molecule has 0 aromatic carbocycles. The van der Waals surface area contributed by atoms with E-state index in [9.17, 15) is 20.1 Å². The Morgan fingerprint density at radius 3 is 1.02 bits per heavy atom. The van der Waals surface area contributed by atoms with E-state index in [0.29, 0.717) is 0 Å². The standard InChI is InChI=1S/C48H74N4O3/c1-3-5-7-9-11-13-15-17-19-21-23-25-27-29-31-33-35-51-41-47(45(53)37-43(51)39-49)55-48-42-52(44(40-50)38-46(48)54)36-34-32-30-28-26-24-22-20-18-16-14-12-10-8-6-4-2/h33-38,41-42H,3-32H2,1-2H3. The minimum absolute atomic E-state index is 0.0557. The fraction of sp³-hybridized carbons (Fsp3) is 0.667. The molecule has 0 aliphatic rings. The van der Waals surface area contributed by atoms with Gasteiger partial charge in [-0.2, -0.15) is 10.5 Å². The molecule has 0 fully saturated rings. The second-order valence-electron chi connectivity index (χ2n) is 15.5. The molecule has 0 radical (unpaired) electrons. The smallest absolute Gasteiger partial charge is 0.225 e. The molecule has 0 aliphatic carbocycles. The van der Waals surface area contributed by atoms with E-state index in [4.69, 9.17) is 4.74 Å². The molecule has 55 heavy (non-hydrogen) atoms. The topological polar surface area (TPSA) is 101 Å². The molecule has 0 spiro atoms. The molecule has 2 aromatic rings. The number of hydrogen-bond donors (Lipinski definition) is 0. The molecule has 2 rings (SSSR count). The lowest BCUT2D eigenvalue weighted by Crippen LogP contribution is -2.14. The van der Waals surface area contributed by atoms with Crippen LogP contribution >= 0.6 is 0 Å². The summed E-state index contributed by atoms with van der Waals surface area (Å²) in [5.74, 6) is -0.111. The predicted octanol–water partition coefficient (Wildman–Crippen LogP) is 14.2. The Morgan fingerprint density at radius 2 is 0.745 bits per heavy atom. The van der Waals surface area contributed by atoms with Gasteiger partial charge in [0.2, 0.25) is 10.9 Å². The molecule has 0 unspecified atom stereocenters. The minimum Gasteiger partial charge on any atom is -0.446 e. The van der Waals surface area contributed by atoms with Crippen LogP contribution in [0.2, 0.25) is 0 Å². The maximum Gasteiger partial charge on any atom is 0.225 e. The van der Waals surface area contributed by atoms with E-state index in [1.165, 1.54) is 191 Å². The van der Waals surface area contributed by atoms with Crippen LogP contribution in [0.1, 0.15) is 218 Å². The van der Waals surface area contributed by atoms with Crippen LogP contribution in [-0.2, 0) is 0 Å². The number of hydrogen-bond acceptors (Lipinski definition) is 5. The van der Waals surface area contributed by atoms with Crippen molar-refractivity contribution in [2.45, 2.75) is 206 Å². The van der Waals surface area contributed by atoms with Crippen LogP contribution in [0.5, 0.6) is 11.5 Å². The van der Waals surface area contributed by atoms with Crippen LogP contribution in [0.3, 0.4) is 0 Å². The van der Waals surface area contributed by atoms with Crippen molar-refractivity contribution >= 4 is 12.4 Å². The van der Waals surface area contributed by atoms with Crippen molar-refractivity contribution in [3.05, 3.63) is 68.5 Å². The number of nitrogens with zero attached hydrogens (tertiary/aromatic N) is 4. The van der Waals surface area contributed by atoms with Gasteiger partial charge in [0.25, 0.3) is 0 Å². The van der Waals surface area contributed by atoms with Gasteiger partial charge in [0.05, 0.1) is 12.4 Å². The summed E-state index contributed by atoms with van der Waals surface area (Å²) >= 11 is 0. The molecule has 0 aliphatic heterocycles. The summed E-state index contributed by atoms with van der Waals surface area (Å²) in [6, 6.07) is 6.61. The van der Waals surface area contributed by atoms with Gasteiger partial charge in [-0.05, 0) is 25.7 Å². The highest BCUT2D eigenvalue weighted by atomic mass is 16.5. The molecule has 7 heteroatoms. The number of pyridine rings is 2. The summed E-state index contributed by atoms with van der Waals surface area (Å²) in [5, 5.41) is 19.3. The van der Waals surface area contributed by atoms with Gasteiger partial charge in [-0.3, -0.25) is 9.59 Å². The lowest BCUT2D eigenvalue weighted by atomic mass is 10.0. The first kappa shape index (κ1) is 47.3. The van der Waals surface area contributed by atoms with Crippen LogP contribution < -0.4 is 15.6 Å². The van der Waals surface area contributed by atoms with Crippen LogP contribution in [-0.4, -0.2) is 9.13 Å². The molecule has 304 valence electrons. The summed E-state index contributed by atoms with van der Waals surface area (Å²) in [4.78, 5) is 25.7. The van der Waals surface area contributed by atoms with Gasteiger partial charge in [-0.15, -0.1) is 0 Å². The third-order valence-electron chi connectivity index (χ3n) is 10.5. The zero-order chi connectivity index (χ0) is 39.6. The first-order chi connectivity index (χ1) is 27.0. The predicted molar refractivity (Wildman–Crippen MR) is 231 cm³/mol. The number of ether oxygens (including phenoxy) is 1. The Bertz CT molecular complexity index is 1440. The fourth-order valence-electron chi connectivity index (χ4n) is 7.05. The lowest BCUT2D eigenvalue weighted by Gasteiger charge is -2.10. The first-order valence-electron chi connectivity index (χ1n) is 22.4. The number of nitriles is 2. The van der Waals surface area contributed by atoms with Crippen molar-refractivity contribution < 1.29 is 4.74 Å². The highest BCUT2D eigenvalue weighted by Gasteiger charge is 2.12. The van der Waals surface area contributed by atoms with E-state index < -0.39 is 10.9 Å². The SMILES string of the molecule is CCCCCCCCCCCCCCCCC=Cn1cc(Oc2cn(C=CCCCCCCCCCCCCCCCC)c(C#N)cc2=O)c(=O)cc1C#N. The van der Waals surface area contributed by atoms with Gasteiger partial charge < -0.3 is 13.9 Å². The van der Waals surface area contributed by atoms with E-state index in [2.05, 4.69) is 26.0 Å². The number of allylic oxidation sites excluding steroid dienone is 2. The van der Waals surface area contributed by atoms with Gasteiger partial charge in [0.1, 0.15) is 23.5 Å². The monoisotopic (exact) mass is 755 g/mol. The van der Waals surface area contributed by atoms with Crippen molar-refractivity contribution in [3.63, 3.8) is 0 Å². The molecule has 0 atom stereocenters. The van der Waals surface area contributed by atoms with Crippen molar-refractivity contribution in [2.75, 3.05) is 0 Å². The Hall–Kier alpha value is -3.84. The third-order valence-corrected chi connectivity index (χ3v) is 10.5. The Kier molecular flexibility index (Phi) is 27.9. The zero-order valence-corrected chi connectivity index (χ0v) is 34.8. The van der Waals surface area contributed by atoms with E-state index >= 15 is 0 Å². The van der Waals surface area contributed by atoms with Crippen molar-refractivity contribution in [1.29, 1.82) is 10.5 Å². The van der Waals surface area contributed by atoms with E-state index in [1.54, 1.807) is 21.5 Å². The highest BCUT2D eigenvalue weighted by Crippen LogP contribution is 2.19. The fourth-order valence-corrected chi connectivity index (χ4v) is 7.05. The van der Waals surface area contributed by atoms with Crippen LogP contribution in [0, 0.1) is 22.7 Å². The van der Waals surface area contributed by atoms with E-state index in [0.717, 1.165) is 25.7 Å². The summed E-state index contributed by atoms with van der Waals surface area (Å²) in [5.41, 5.74) is -0.592. The van der Waals surface area contributed by atoms with Crippen LogP contribution in [0.15, 0.2) is 46.3 Å². The normalized spacial score (nSPS) is 11.4. The highest BCUT2D eigenvalue weighted by molar-refractivity contribution is 5.42. The van der Waals surface area contributed by atoms with Crippen molar-refractivity contribution in [3.8, 4) is 23.6 Å². The largest absolute Gasteiger partial charge is 0.446 e. The second kappa shape index (κ2) is 32.4. The van der Waals surface area contributed by atoms with Gasteiger partial charge in [0.15, 0.2) is 11.5 Å². The molecule has 2 heterocycles. The van der Waals surface area contributed by atoms with E-state index in [-0.39, 0.29) is 22.9 Å². The summed E-state index contributed by atoms with van der Waals surface area (Å²) in [7, 11) is 0. The maximum absolute atomic E-state index is 12.8. The quantitative estimate of drug-likeness (QED) is 0.0662. The zero-order valence-electron chi connectivity index (χ0n) is 34.8. The maximum atomic E-state index is 12.8. The Morgan fingerprint density at radius 1 is 0.473 bits per heavy atom. The average Bonchev–Trinajstić information content (AvgIpc) is 3.19. The summed E-state index contributed by atoms with van der Waals surface area (Å²) < 4.78 is 8.97. The molecule has 0 saturated heterocycles. The van der Waals surface area contributed by atoms with Crippen molar-refractivity contribution in [2.24, 2.45) is 0 Å². The molecule has 0 bridgehead atoms. The number of rotatable bonds is 34. The molecule has 7 nitrogen and oxygen atoms in total. The molecule has 2 aromatic heterocycles. The minimum atomic E-state index is -0.489. The molecule has 0 N–H and O–H groups in total. The van der Waals surface area contributed by atoms with Crippen LogP contribution in [0.4, 0.5) is 0 Å². The van der Waals surface area contributed by atoms with Gasteiger partial charge >= 0.3 is 0 Å². The number of aromatic nitrogens is 2. The molecular formula is C48H74N4O3. The summed E-state index contributed by atoms with van der Waals surface area (Å²) in [6.07, 6.45) is 49.1. The van der Waals surface area contributed by atoms with Crippen LogP contribution in [0.25, 0.3) is 12.4 Å². The molecular weight excluding hydrogens is 681 g/mol. The van der Waals surface area contributed by atoms with Crippen molar-refractivity contribution in [1.82, 2.24) is 9.13 Å². The third kappa shape index (κ3) is 22.3. The van der Waals surface area contributed by atoms with E-state index in [1.807, 2.05) is 12.2 Å².